The Labute approximate surface area is 58.1 Å². The fourth-order valence-corrected chi connectivity index (χ4v) is 0.998. The maximum Gasteiger partial charge on any atom is 0.229 e. The van der Waals surface area contributed by atoms with Crippen LogP contribution in [0.2, 0.25) is 0 Å². The average molecular weight is 162 g/mol. The summed E-state index contributed by atoms with van der Waals surface area (Å²) in [6.45, 7) is 0. The lowest BCUT2D eigenvalue weighted by atomic mass is 10.6. The Balaban J connectivity index is 2.75. The van der Waals surface area contributed by atoms with Gasteiger partial charge < -0.3 is 4.52 Å². The summed E-state index contributed by atoms with van der Waals surface area (Å²) in [5, 5.41) is 3.30. The molecular formula is C4H6N2O3S. The van der Waals surface area contributed by atoms with E-state index >= 15 is 0 Å². The molecule has 0 radical (unpaired) electrons. The van der Waals surface area contributed by atoms with Crippen LogP contribution in [0.1, 0.15) is 0 Å². The molecule has 0 fully saturated rings. The number of nitrogens with zero attached hydrogens (tertiary/aromatic N) is 1. The molecule has 0 saturated heterocycles. The molecule has 56 valence electrons. The van der Waals surface area contributed by atoms with Crippen LogP contribution in [0.15, 0.2) is 17.0 Å². The van der Waals surface area contributed by atoms with Gasteiger partial charge in [0.15, 0.2) is 0 Å². The summed E-state index contributed by atoms with van der Waals surface area (Å²) in [4.78, 5) is 0. The highest BCUT2D eigenvalue weighted by Gasteiger charge is 2.01. The first kappa shape index (κ1) is 7.07. The maximum atomic E-state index is 10.5. The molecular weight excluding hydrogens is 156 g/mol. The van der Waals surface area contributed by atoms with Crippen molar-refractivity contribution in [2.75, 3.05) is 11.0 Å². The number of anilines is 1. The number of aromatic nitrogens is 1. The molecule has 10 heavy (non-hydrogen) atoms. The zero-order valence-electron chi connectivity index (χ0n) is 5.23. The minimum absolute atomic E-state index is 0.336. The second kappa shape index (κ2) is 2.30. The van der Waals surface area contributed by atoms with Crippen molar-refractivity contribution in [1.82, 2.24) is 5.16 Å². The summed E-state index contributed by atoms with van der Waals surface area (Å²) in [7, 11) is -3.20. The Morgan fingerprint density at radius 1 is 1.70 bits per heavy atom. The van der Waals surface area contributed by atoms with Crippen LogP contribution in [-0.4, -0.2) is 19.8 Å². The van der Waals surface area contributed by atoms with Gasteiger partial charge in [-0.05, 0) is 0 Å². The summed E-state index contributed by atoms with van der Waals surface area (Å²) < 4.78 is 27.6. The summed E-state index contributed by atoms with van der Waals surface area (Å²) in [6.07, 6.45) is 3.54. The molecule has 0 spiro atoms. The molecule has 1 N–H and O–H groups in total. The van der Waals surface area contributed by atoms with Crippen LogP contribution in [0.4, 0.5) is 5.69 Å². The molecule has 0 bridgehead atoms. The third kappa shape index (κ3) is 2.06. The van der Waals surface area contributed by atoms with Gasteiger partial charge in [-0.15, -0.1) is 0 Å². The van der Waals surface area contributed by atoms with Crippen LogP contribution < -0.4 is 4.72 Å². The predicted molar refractivity (Wildman–Crippen MR) is 35.0 cm³/mol. The van der Waals surface area contributed by atoms with E-state index in [9.17, 15) is 8.42 Å². The highest BCUT2D eigenvalue weighted by Crippen LogP contribution is 2.04. The van der Waals surface area contributed by atoms with Crippen LogP contribution in [-0.2, 0) is 10.0 Å². The molecule has 6 heteroatoms. The van der Waals surface area contributed by atoms with E-state index in [0.29, 0.717) is 5.69 Å². The van der Waals surface area contributed by atoms with Crippen LogP contribution in [0, 0.1) is 0 Å². The van der Waals surface area contributed by atoms with Crippen LogP contribution >= 0.6 is 0 Å². The number of nitrogens with one attached hydrogen (secondary N) is 1. The van der Waals surface area contributed by atoms with Crippen molar-refractivity contribution in [3.05, 3.63) is 12.5 Å². The van der Waals surface area contributed by atoms with E-state index in [1.54, 1.807) is 0 Å². The van der Waals surface area contributed by atoms with Gasteiger partial charge in [0, 0.05) is 0 Å². The third-order valence-corrected chi connectivity index (χ3v) is 1.34. The van der Waals surface area contributed by atoms with Gasteiger partial charge in [-0.3, -0.25) is 4.72 Å². The molecule has 0 amide bonds. The van der Waals surface area contributed by atoms with E-state index in [-0.39, 0.29) is 0 Å². The number of hydrogen-bond acceptors (Lipinski definition) is 4. The second-order valence-electron chi connectivity index (χ2n) is 1.79. The first-order chi connectivity index (χ1) is 4.58. The van der Waals surface area contributed by atoms with Gasteiger partial charge in [0.1, 0.15) is 12.0 Å². The summed E-state index contributed by atoms with van der Waals surface area (Å²) >= 11 is 0. The summed E-state index contributed by atoms with van der Waals surface area (Å²) in [5.74, 6) is 0. The highest BCUT2D eigenvalue weighted by atomic mass is 32.2. The first-order valence-corrected chi connectivity index (χ1v) is 4.34. The Morgan fingerprint density at radius 3 is 2.80 bits per heavy atom. The van der Waals surface area contributed by atoms with Crippen molar-refractivity contribution in [3.8, 4) is 0 Å². The van der Waals surface area contributed by atoms with Crippen LogP contribution in [0.5, 0.6) is 0 Å². The summed E-state index contributed by atoms with van der Waals surface area (Å²) in [5.41, 5.74) is 0.336. The molecule has 1 aromatic heterocycles. The third-order valence-electron chi connectivity index (χ3n) is 0.736. The van der Waals surface area contributed by atoms with Crippen molar-refractivity contribution in [2.24, 2.45) is 0 Å². The lowest BCUT2D eigenvalue weighted by Gasteiger charge is -1.95. The molecule has 0 unspecified atom stereocenters. The van der Waals surface area contributed by atoms with Crippen molar-refractivity contribution < 1.29 is 12.9 Å². The SMILES string of the molecule is CS(=O)(=O)Nc1cnoc1. The summed E-state index contributed by atoms with van der Waals surface area (Å²) in [6, 6.07) is 0. The van der Waals surface area contributed by atoms with E-state index in [0.717, 1.165) is 6.26 Å². The van der Waals surface area contributed by atoms with E-state index in [1.807, 2.05) is 0 Å². The largest absolute Gasteiger partial charge is 0.362 e. The quantitative estimate of drug-likeness (QED) is 0.666. The maximum absolute atomic E-state index is 10.5. The number of hydrogen-bond donors (Lipinski definition) is 1. The lowest BCUT2D eigenvalue weighted by molar-refractivity contribution is 0.420. The van der Waals surface area contributed by atoms with Gasteiger partial charge in [-0.2, -0.15) is 0 Å². The average Bonchev–Trinajstić information content (AvgIpc) is 2.12. The van der Waals surface area contributed by atoms with Crippen LogP contribution in [0.3, 0.4) is 0 Å². The van der Waals surface area contributed by atoms with Gasteiger partial charge in [0.25, 0.3) is 0 Å². The smallest absolute Gasteiger partial charge is 0.229 e. The Bertz CT molecular complexity index is 288. The zero-order chi connectivity index (χ0) is 7.61. The highest BCUT2D eigenvalue weighted by molar-refractivity contribution is 7.92. The molecule has 1 rings (SSSR count). The van der Waals surface area contributed by atoms with Crippen molar-refractivity contribution in [2.45, 2.75) is 0 Å². The zero-order valence-corrected chi connectivity index (χ0v) is 6.05. The monoisotopic (exact) mass is 162 g/mol. The van der Waals surface area contributed by atoms with Gasteiger partial charge in [0.05, 0.1) is 12.5 Å². The molecule has 0 aliphatic carbocycles. The molecule has 0 aromatic carbocycles. The first-order valence-electron chi connectivity index (χ1n) is 2.45. The number of rotatable bonds is 2. The van der Waals surface area contributed by atoms with Crippen molar-refractivity contribution >= 4 is 15.7 Å². The lowest BCUT2D eigenvalue weighted by Crippen LogP contribution is -2.08. The van der Waals surface area contributed by atoms with E-state index in [1.165, 1.54) is 12.5 Å². The molecule has 1 aromatic rings. The number of sulfonamides is 1. The molecule has 0 aliphatic rings. The Morgan fingerprint density at radius 2 is 2.40 bits per heavy atom. The van der Waals surface area contributed by atoms with E-state index in [4.69, 9.17) is 0 Å². The van der Waals surface area contributed by atoms with E-state index < -0.39 is 10.0 Å². The van der Waals surface area contributed by atoms with Gasteiger partial charge in [-0.25, -0.2) is 8.42 Å². The van der Waals surface area contributed by atoms with Gasteiger partial charge in [0.2, 0.25) is 10.0 Å². The Hall–Kier alpha value is -1.04. The van der Waals surface area contributed by atoms with Crippen LogP contribution in [0.25, 0.3) is 0 Å². The van der Waals surface area contributed by atoms with Crippen molar-refractivity contribution in [1.29, 1.82) is 0 Å². The molecule has 0 atom stereocenters. The van der Waals surface area contributed by atoms with Crippen molar-refractivity contribution in [3.63, 3.8) is 0 Å². The Kier molecular flexibility index (Phi) is 1.62. The fraction of sp³-hybridized carbons (Fsp3) is 0.250. The predicted octanol–water partition coefficient (Wildman–Crippen LogP) is 0.0461. The molecule has 1 heterocycles. The van der Waals surface area contributed by atoms with E-state index in [2.05, 4.69) is 14.4 Å². The molecule has 0 saturated carbocycles. The second-order valence-corrected chi connectivity index (χ2v) is 3.54. The fourth-order valence-electron chi connectivity index (χ4n) is 0.469. The minimum atomic E-state index is -3.20. The molecule has 0 aliphatic heterocycles. The topological polar surface area (TPSA) is 72.2 Å². The van der Waals surface area contributed by atoms with Gasteiger partial charge >= 0.3 is 0 Å². The molecule has 5 nitrogen and oxygen atoms in total. The van der Waals surface area contributed by atoms with Gasteiger partial charge in [-0.1, -0.05) is 5.16 Å². The standard InChI is InChI=1S/C4H6N2O3S/c1-10(7,8)6-4-2-5-9-3-4/h2-3,6H,1H3. The minimum Gasteiger partial charge on any atom is -0.362 e. The normalized spacial score (nSPS) is 11.3.